The zero-order valence-corrected chi connectivity index (χ0v) is 10.8. The van der Waals surface area contributed by atoms with E-state index in [0.717, 1.165) is 14.9 Å². The summed E-state index contributed by atoms with van der Waals surface area (Å²) < 4.78 is 0.850. The summed E-state index contributed by atoms with van der Waals surface area (Å²) >= 11 is 4.78. The zero-order chi connectivity index (χ0) is 11.4. The lowest BCUT2D eigenvalue weighted by molar-refractivity contribution is 0.0954. The first-order valence-electron chi connectivity index (χ1n) is 4.82. The molecule has 0 unspecified atom stereocenters. The van der Waals surface area contributed by atoms with Crippen molar-refractivity contribution in [2.24, 2.45) is 0 Å². The standard InChI is InChI=1S/C12H10BrNOS/c13-10-6-7-16-11(10)12(15)14-8-9-4-2-1-3-5-9/h1-7H,8H2,(H,14,15). The minimum atomic E-state index is -0.0364. The molecule has 0 aliphatic heterocycles. The van der Waals surface area contributed by atoms with Crippen molar-refractivity contribution < 1.29 is 4.79 Å². The largest absolute Gasteiger partial charge is 0.347 e. The lowest BCUT2D eigenvalue weighted by Gasteiger charge is -2.03. The average molecular weight is 296 g/mol. The molecule has 0 radical (unpaired) electrons. The molecule has 0 atom stereocenters. The Morgan fingerprint density at radius 1 is 1.25 bits per heavy atom. The molecule has 0 saturated heterocycles. The molecule has 82 valence electrons. The summed E-state index contributed by atoms with van der Waals surface area (Å²) in [7, 11) is 0. The summed E-state index contributed by atoms with van der Waals surface area (Å²) in [5.74, 6) is -0.0364. The number of benzene rings is 1. The van der Waals surface area contributed by atoms with Gasteiger partial charge < -0.3 is 5.32 Å². The zero-order valence-electron chi connectivity index (χ0n) is 8.44. The highest BCUT2D eigenvalue weighted by Gasteiger charge is 2.10. The molecule has 0 spiro atoms. The first-order valence-corrected chi connectivity index (χ1v) is 6.50. The average Bonchev–Trinajstić information content (AvgIpc) is 2.74. The van der Waals surface area contributed by atoms with Crippen LogP contribution in [0.2, 0.25) is 0 Å². The number of carbonyl (C=O) groups is 1. The van der Waals surface area contributed by atoms with Crippen molar-refractivity contribution in [2.45, 2.75) is 6.54 Å². The summed E-state index contributed by atoms with van der Waals surface area (Å²) in [6.07, 6.45) is 0. The highest BCUT2D eigenvalue weighted by atomic mass is 79.9. The van der Waals surface area contributed by atoms with Gasteiger partial charge in [-0.3, -0.25) is 4.79 Å². The SMILES string of the molecule is O=C(NCc1ccccc1)c1sccc1Br. The molecule has 0 fully saturated rings. The smallest absolute Gasteiger partial charge is 0.262 e. The normalized spacial score (nSPS) is 10.1. The Labute approximate surface area is 106 Å². The fourth-order valence-electron chi connectivity index (χ4n) is 1.31. The Kier molecular flexibility index (Phi) is 3.74. The van der Waals surface area contributed by atoms with Crippen LogP contribution in [0.3, 0.4) is 0 Å². The van der Waals surface area contributed by atoms with Gasteiger partial charge in [0.1, 0.15) is 4.88 Å². The van der Waals surface area contributed by atoms with Gasteiger partial charge in [0.25, 0.3) is 5.91 Å². The van der Waals surface area contributed by atoms with E-state index in [1.165, 1.54) is 11.3 Å². The first-order chi connectivity index (χ1) is 7.77. The number of amides is 1. The molecule has 1 heterocycles. The van der Waals surface area contributed by atoms with Crippen LogP contribution in [0, 0.1) is 0 Å². The third kappa shape index (κ3) is 2.71. The third-order valence-electron chi connectivity index (χ3n) is 2.12. The van der Waals surface area contributed by atoms with Gasteiger partial charge >= 0.3 is 0 Å². The van der Waals surface area contributed by atoms with Gasteiger partial charge in [0, 0.05) is 11.0 Å². The number of hydrogen-bond acceptors (Lipinski definition) is 2. The molecule has 4 heteroatoms. The molecule has 1 N–H and O–H groups in total. The van der Waals surface area contributed by atoms with Crippen molar-refractivity contribution in [1.29, 1.82) is 0 Å². The minimum Gasteiger partial charge on any atom is -0.347 e. The number of rotatable bonds is 3. The van der Waals surface area contributed by atoms with E-state index < -0.39 is 0 Å². The van der Waals surface area contributed by atoms with Crippen LogP contribution in [0.15, 0.2) is 46.3 Å². The van der Waals surface area contributed by atoms with Crippen molar-refractivity contribution in [3.05, 3.63) is 56.7 Å². The second-order valence-electron chi connectivity index (χ2n) is 3.27. The molecule has 2 aromatic rings. The number of halogens is 1. The van der Waals surface area contributed by atoms with E-state index in [2.05, 4.69) is 21.2 Å². The predicted molar refractivity (Wildman–Crippen MR) is 69.6 cm³/mol. The number of hydrogen-bond donors (Lipinski definition) is 1. The van der Waals surface area contributed by atoms with Gasteiger partial charge in [-0.1, -0.05) is 30.3 Å². The maximum absolute atomic E-state index is 11.8. The van der Waals surface area contributed by atoms with Crippen LogP contribution in [0.4, 0.5) is 0 Å². The molecule has 16 heavy (non-hydrogen) atoms. The lowest BCUT2D eigenvalue weighted by Crippen LogP contribution is -2.22. The summed E-state index contributed by atoms with van der Waals surface area (Å²) in [4.78, 5) is 12.5. The molecule has 2 rings (SSSR count). The quantitative estimate of drug-likeness (QED) is 0.923. The Morgan fingerprint density at radius 3 is 2.62 bits per heavy atom. The van der Waals surface area contributed by atoms with E-state index in [1.54, 1.807) is 0 Å². The fourth-order valence-corrected chi connectivity index (χ4v) is 2.78. The molecule has 2 nitrogen and oxygen atoms in total. The van der Waals surface area contributed by atoms with E-state index in [4.69, 9.17) is 0 Å². The molecule has 1 amide bonds. The summed E-state index contributed by atoms with van der Waals surface area (Å²) in [5, 5.41) is 4.77. The van der Waals surface area contributed by atoms with Crippen molar-refractivity contribution in [1.82, 2.24) is 5.32 Å². The molecule has 0 saturated carbocycles. The highest BCUT2D eigenvalue weighted by Crippen LogP contribution is 2.22. The summed E-state index contributed by atoms with van der Waals surface area (Å²) in [5.41, 5.74) is 1.10. The first kappa shape index (κ1) is 11.4. The maximum atomic E-state index is 11.8. The van der Waals surface area contributed by atoms with Gasteiger partial charge in [0.15, 0.2) is 0 Å². The number of carbonyl (C=O) groups excluding carboxylic acids is 1. The molecule has 0 aliphatic rings. The molecule has 1 aromatic carbocycles. The van der Waals surface area contributed by atoms with Gasteiger partial charge in [-0.25, -0.2) is 0 Å². The van der Waals surface area contributed by atoms with E-state index in [-0.39, 0.29) is 5.91 Å². The second kappa shape index (κ2) is 5.27. The van der Waals surface area contributed by atoms with Gasteiger partial charge in [-0.2, -0.15) is 0 Å². The highest BCUT2D eigenvalue weighted by molar-refractivity contribution is 9.10. The minimum absolute atomic E-state index is 0.0364. The van der Waals surface area contributed by atoms with Crippen LogP contribution in [-0.4, -0.2) is 5.91 Å². The van der Waals surface area contributed by atoms with Gasteiger partial charge in [0.2, 0.25) is 0 Å². The number of nitrogens with one attached hydrogen (secondary N) is 1. The Morgan fingerprint density at radius 2 is 2.00 bits per heavy atom. The van der Waals surface area contributed by atoms with E-state index in [9.17, 15) is 4.79 Å². The van der Waals surface area contributed by atoms with Crippen LogP contribution < -0.4 is 5.32 Å². The van der Waals surface area contributed by atoms with Gasteiger partial charge in [-0.15, -0.1) is 11.3 Å². The molecule has 0 bridgehead atoms. The van der Waals surface area contributed by atoms with Crippen molar-refractivity contribution in [3.8, 4) is 0 Å². The van der Waals surface area contributed by atoms with Crippen molar-refractivity contribution >= 4 is 33.2 Å². The molecular weight excluding hydrogens is 286 g/mol. The fraction of sp³-hybridized carbons (Fsp3) is 0.0833. The third-order valence-corrected chi connectivity index (χ3v) is 3.96. The van der Waals surface area contributed by atoms with Crippen LogP contribution in [0.1, 0.15) is 15.2 Å². The van der Waals surface area contributed by atoms with Gasteiger partial charge in [-0.05, 0) is 32.9 Å². The second-order valence-corrected chi connectivity index (χ2v) is 5.04. The molecular formula is C12H10BrNOS. The lowest BCUT2D eigenvalue weighted by atomic mass is 10.2. The molecule has 1 aromatic heterocycles. The van der Waals surface area contributed by atoms with Crippen LogP contribution in [0.25, 0.3) is 0 Å². The maximum Gasteiger partial charge on any atom is 0.262 e. The Hall–Kier alpha value is -1.13. The summed E-state index contributed by atoms with van der Waals surface area (Å²) in [6, 6.07) is 11.7. The van der Waals surface area contributed by atoms with E-state index in [1.807, 2.05) is 41.8 Å². The van der Waals surface area contributed by atoms with Crippen molar-refractivity contribution in [3.63, 3.8) is 0 Å². The number of thiophene rings is 1. The van der Waals surface area contributed by atoms with Crippen LogP contribution in [-0.2, 0) is 6.54 Å². The van der Waals surface area contributed by atoms with Crippen LogP contribution >= 0.6 is 27.3 Å². The predicted octanol–water partition coefficient (Wildman–Crippen LogP) is 3.44. The van der Waals surface area contributed by atoms with E-state index in [0.29, 0.717) is 6.54 Å². The molecule has 0 aliphatic carbocycles. The Balaban J connectivity index is 1.97. The van der Waals surface area contributed by atoms with Crippen molar-refractivity contribution in [2.75, 3.05) is 0 Å². The van der Waals surface area contributed by atoms with E-state index >= 15 is 0 Å². The topological polar surface area (TPSA) is 29.1 Å². The Bertz CT molecular complexity index is 481. The van der Waals surface area contributed by atoms with Gasteiger partial charge in [0.05, 0.1) is 0 Å². The monoisotopic (exact) mass is 295 g/mol. The summed E-state index contributed by atoms with van der Waals surface area (Å²) in [6.45, 7) is 0.560. The van der Waals surface area contributed by atoms with Crippen LogP contribution in [0.5, 0.6) is 0 Å².